The number of aryl methyl sites for hydroxylation is 1. The average molecular weight is 252 g/mol. The summed E-state index contributed by atoms with van der Waals surface area (Å²) in [6.45, 7) is 2.28. The Hall–Kier alpha value is -1.22. The van der Waals surface area contributed by atoms with Crippen LogP contribution in [0.2, 0.25) is 5.02 Å². The van der Waals surface area contributed by atoms with Gasteiger partial charge in [-0.15, -0.1) is 0 Å². The van der Waals surface area contributed by atoms with E-state index in [0.29, 0.717) is 6.54 Å². The van der Waals surface area contributed by atoms with Crippen LogP contribution in [0.1, 0.15) is 18.4 Å². The predicted molar refractivity (Wildman–Crippen MR) is 68.4 cm³/mol. The van der Waals surface area contributed by atoms with Crippen LogP contribution < -0.4 is 5.32 Å². The molecule has 17 heavy (non-hydrogen) atoms. The highest BCUT2D eigenvalue weighted by atomic mass is 35.5. The van der Waals surface area contributed by atoms with E-state index >= 15 is 0 Å². The minimum absolute atomic E-state index is 0.0449. The van der Waals surface area contributed by atoms with E-state index in [0.717, 1.165) is 37.4 Å². The lowest BCUT2D eigenvalue weighted by molar-refractivity contribution is 0.216. The summed E-state index contributed by atoms with van der Waals surface area (Å²) in [5, 5.41) is 4.61. The highest BCUT2D eigenvalue weighted by Crippen LogP contribution is 2.12. The first-order valence-corrected chi connectivity index (χ1v) is 6.34. The van der Waals surface area contributed by atoms with E-state index in [2.05, 4.69) is 17.4 Å². The van der Waals surface area contributed by atoms with Gasteiger partial charge in [0.2, 0.25) is 0 Å². The van der Waals surface area contributed by atoms with Gasteiger partial charge >= 0.3 is 6.03 Å². The van der Waals surface area contributed by atoms with Crippen LogP contribution in [0, 0.1) is 0 Å². The van der Waals surface area contributed by atoms with E-state index in [9.17, 15) is 4.79 Å². The second-order valence-corrected chi connectivity index (χ2v) is 4.67. The molecule has 1 aliphatic heterocycles. The van der Waals surface area contributed by atoms with Crippen molar-refractivity contribution in [2.45, 2.75) is 19.3 Å². The van der Waals surface area contributed by atoms with E-state index in [1.54, 1.807) is 0 Å². The number of nitrogens with zero attached hydrogens (tertiary/aromatic N) is 2. The molecule has 91 valence electrons. The Labute approximate surface area is 107 Å². The number of hydrogen-bond donors (Lipinski definition) is 0. The van der Waals surface area contributed by atoms with E-state index in [-0.39, 0.29) is 6.03 Å². The summed E-state index contributed by atoms with van der Waals surface area (Å²) in [5.41, 5.74) is 1.30. The molecule has 0 aliphatic carbocycles. The standard InChI is InChI=1S/C13H16ClN2O/c14-12-6-4-11(5-7-12)3-1-2-9-16-10-8-15-13(16)17/h4-7H,1-3,8-10H2. The summed E-state index contributed by atoms with van der Waals surface area (Å²) in [6, 6.07) is 7.90. The van der Waals surface area contributed by atoms with Crippen LogP contribution in [-0.4, -0.2) is 30.6 Å². The molecule has 3 nitrogen and oxygen atoms in total. The fourth-order valence-corrected chi connectivity index (χ4v) is 2.08. The van der Waals surface area contributed by atoms with E-state index in [1.165, 1.54) is 5.56 Å². The van der Waals surface area contributed by atoms with Gasteiger partial charge in [0.05, 0.1) is 6.54 Å². The SMILES string of the molecule is O=C1[N]CCN1CCCCc1ccc(Cl)cc1. The summed E-state index contributed by atoms with van der Waals surface area (Å²) in [6.07, 6.45) is 3.16. The average Bonchev–Trinajstić information content (AvgIpc) is 2.73. The summed E-state index contributed by atoms with van der Waals surface area (Å²) in [5.74, 6) is 0. The zero-order valence-electron chi connectivity index (χ0n) is 9.73. The molecular formula is C13H16ClN2O. The summed E-state index contributed by atoms with van der Waals surface area (Å²) < 4.78 is 0. The van der Waals surface area contributed by atoms with Crippen molar-refractivity contribution in [2.75, 3.05) is 19.6 Å². The maximum absolute atomic E-state index is 11.2. The molecule has 1 heterocycles. The lowest BCUT2D eigenvalue weighted by atomic mass is 10.1. The number of urea groups is 1. The smallest absolute Gasteiger partial charge is 0.321 e. The number of rotatable bonds is 5. The van der Waals surface area contributed by atoms with Gasteiger partial charge in [-0.05, 0) is 37.0 Å². The topological polar surface area (TPSA) is 34.4 Å². The molecule has 0 saturated carbocycles. The highest BCUT2D eigenvalue weighted by Gasteiger charge is 2.19. The van der Waals surface area contributed by atoms with Crippen molar-refractivity contribution in [3.8, 4) is 0 Å². The Morgan fingerprint density at radius 2 is 2.00 bits per heavy atom. The molecule has 1 aromatic carbocycles. The van der Waals surface area contributed by atoms with Crippen LogP contribution in [0.25, 0.3) is 0 Å². The van der Waals surface area contributed by atoms with Gasteiger partial charge in [-0.2, -0.15) is 0 Å². The van der Waals surface area contributed by atoms with E-state index in [1.807, 2.05) is 17.0 Å². The third-order valence-electron chi connectivity index (χ3n) is 2.94. The fourth-order valence-electron chi connectivity index (χ4n) is 1.95. The van der Waals surface area contributed by atoms with Gasteiger partial charge in [-0.25, -0.2) is 10.1 Å². The first-order valence-electron chi connectivity index (χ1n) is 5.96. The molecule has 0 aromatic heterocycles. The number of halogens is 1. The van der Waals surface area contributed by atoms with Crippen molar-refractivity contribution < 1.29 is 4.79 Å². The molecule has 0 spiro atoms. The third-order valence-corrected chi connectivity index (χ3v) is 3.20. The summed E-state index contributed by atoms with van der Waals surface area (Å²) in [4.78, 5) is 13.0. The molecule has 2 amide bonds. The Balaban J connectivity index is 1.66. The molecule has 4 heteroatoms. The molecule has 0 atom stereocenters. The number of carbonyl (C=O) groups excluding carboxylic acids is 1. The largest absolute Gasteiger partial charge is 0.339 e. The molecule has 2 rings (SSSR count). The quantitative estimate of drug-likeness (QED) is 0.741. The van der Waals surface area contributed by atoms with Crippen LogP contribution in [0.5, 0.6) is 0 Å². The predicted octanol–water partition coefficient (Wildman–Crippen LogP) is 2.70. The zero-order valence-corrected chi connectivity index (χ0v) is 10.5. The maximum atomic E-state index is 11.2. The van der Waals surface area contributed by atoms with Crippen LogP contribution in [0.15, 0.2) is 24.3 Å². The van der Waals surface area contributed by atoms with Gasteiger partial charge < -0.3 is 4.90 Å². The van der Waals surface area contributed by atoms with E-state index < -0.39 is 0 Å². The van der Waals surface area contributed by atoms with Gasteiger partial charge in [-0.3, -0.25) is 0 Å². The number of benzene rings is 1. The second kappa shape index (κ2) is 5.92. The first kappa shape index (κ1) is 12.2. The van der Waals surface area contributed by atoms with Gasteiger partial charge in [-0.1, -0.05) is 23.7 Å². The number of unbranched alkanes of at least 4 members (excludes halogenated alkanes) is 1. The fraction of sp³-hybridized carbons (Fsp3) is 0.462. The highest BCUT2D eigenvalue weighted by molar-refractivity contribution is 6.30. The molecule has 0 N–H and O–H groups in total. The molecule has 1 fully saturated rings. The first-order chi connectivity index (χ1) is 8.25. The molecule has 1 aliphatic rings. The van der Waals surface area contributed by atoms with Crippen LogP contribution in [-0.2, 0) is 6.42 Å². The Bertz CT molecular complexity index is 378. The van der Waals surface area contributed by atoms with Crippen molar-refractivity contribution in [3.05, 3.63) is 34.9 Å². The molecule has 0 bridgehead atoms. The molecule has 1 saturated heterocycles. The van der Waals surface area contributed by atoms with Gasteiger partial charge in [0, 0.05) is 18.1 Å². The van der Waals surface area contributed by atoms with Crippen molar-refractivity contribution >= 4 is 17.6 Å². The lowest BCUT2D eigenvalue weighted by Crippen LogP contribution is -2.26. The Morgan fingerprint density at radius 3 is 2.65 bits per heavy atom. The second-order valence-electron chi connectivity index (χ2n) is 4.23. The monoisotopic (exact) mass is 251 g/mol. The van der Waals surface area contributed by atoms with E-state index in [4.69, 9.17) is 11.6 Å². The van der Waals surface area contributed by atoms with Crippen LogP contribution in [0.3, 0.4) is 0 Å². The van der Waals surface area contributed by atoms with Crippen molar-refractivity contribution in [2.24, 2.45) is 0 Å². The molecule has 1 aromatic rings. The van der Waals surface area contributed by atoms with Crippen LogP contribution in [0.4, 0.5) is 4.79 Å². The summed E-state index contributed by atoms with van der Waals surface area (Å²) in [7, 11) is 0. The van der Waals surface area contributed by atoms with Crippen LogP contribution >= 0.6 is 11.6 Å². The molecule has 0 unspecified atom stereocenters. The number of hydrogen-bond acceptors (Lipinski definition) is 1. The Morgan fingerprint density at radius 1 is 1.24 bits per heavy atom. The van der Waals surface area contributed by atoms with Crippen molar-refractivity contribution in [1.82, 2.24) is 10.2 Å². The zero-order chi connectivity index (χ0) is 12.1. The molecular weight excluding hydrogens is 236 g/mol. The third kappa shape index (κ3) is 3.63. The van der Waals surface area contributed by atoms with Gasteiger partial charge in [0.15, 0.2) is 0 Å². The van der Waals surface area contributed by atoms with Crippen molar-refractivity contribution in [3.63, 3.8) is 0 Å². The molecule has 1 radical (unpaired) electrons. The number of carbonyl (C=O) groups is 1. The number of amides is 2. The van der Waals surface area contributed by atoms with Gasteiger partial charge in [0.25, 0.3) is 0 Å². The Kier molecular flexibility index (Phi) is 4.26. The normalized spacial score (nSPS) is 15.1. The summed E-state index contributed by atoms with van der Waals surface area (Å²) >= 11 is 5.82. The maximum Gasteiger partial charge on any atom is 0.339 e. The van der Waals surface area contributed by atoms with Crippen molar-refractivity contribution in [1.29, 1.82) is 0 Å². The minimum atomic E-state index is -0.0449. The minimum Gasteiger partial charge on any atom is -0.321 e. The lowest BCUT2D eigenvalue weighted by Gasteiger charge is -2.12. The van der Waals surface area contributed by atoms with Gasteiger partial charge in [0.1, 0.15) is 0 Å².